The van der Waals surface area contributed by atoms with E-state index in [1.54, 1.807) is 27.2 Å². The number of methoxy groups -OCH3 is 2. The molecule has 3 atom stereocenters. The molecule has 2 rings (SSSR count). The number of aryl methyl sites for hydroxylation is 1. The molecule has 1 N–H and O–H groups in total. The van der Waals surface area contributed by atoms with Gasteiger partial charge in [0.25, 0.3) is 0 Å². The van der Waals surface area contributed by atoms with Gasteiger partial charge in [0.2, 0.25) is 0 Å². The number of nitrogens with one attached hydrogen (secondary N) is 1. The van der Waals surface area contributed by atoms with Gasteiger partial charge in [-0.05, 0) is 44.2 Å². The van der Waals surface area contributed by atoms with E-state index in [1.807, 2.05) is 20.0 Å². The summed E-state index contributed by atoms with van der Waals surface area (Å²) in [7, 11) is 5.28. The molecule has 4 nitrogen and oxygen atoms in total. The Morgan fingerprint density at radius 2 is 1.81 bits per heavy atom. The highest BCUT2D eigenvalue weighted by atomic mass is 19.1. The predicted molar refractivity (Wildman–Crippen MR) is 82.4 cm³/mol. The molecule has 0 saturated carbocycles. The molecule has 3 unspecified atom stereocenters. The van der Waals surface area contributed by atoms with E-state index in [2.05, 4.69) is 10.2 Å². The zero-order valence-corrected chi connectivity index (χ0v) is 13.4. The third kappa shape index (κ3) is 3.20. The van der Waals surface area contributed by atoms with E-state index in [0.29, 0.717) is 5.56 Å². The molecular weight excluding hydrogens is 271 g/mol. The number of anilines is 1. The molecule has 1 aromatic carbocycles. The van der Waals surface area contributed by atoms with Crippen molar-refractivity contribution in [1.29, 1.82) is 0 Å². The average molecular weight is 296 g/mol. The Labute approximate surface area is 126 Å². The van der Waals surface area contributed by atoms with Gasteiger partial charge in [-0.25, -0.2) is 4.39 Å². The van der Waals surface area contributed by atoms with E-state index >= 15 is 0 Å². The van der Waals surface area contributed by atoms with Crippen molar-refractivity contribution >= 4 is 5.69 Å². The molecule has 1 fully saturated rings. The Bertz CT molecular complexity index is 483. The lowest BCUT2D eigenvalue weighted by molar-refractivity contribution is -0.00461. The van der Waals surface area contributed by atoms with Crippen molar-refractivity contribution in [3.05, 3.63) is 29.1 Å². The normalized spacial score (nSPS) is 23.6. The van der Waals surface area contributed by atoms with Gasteiger partial charge in [-0.15, -0.1) is 0 Å². The van der Waals surface area contributed by atoms with E-state index in [9.17, 15) is 4.39 Å². The highest BCUT2D eigenvalue weighted by Crippen LogP contribution is 2.32. The smallest absolute Gasteiger partial charge is 0.126 e. The van der Waals surface area contributed by atoms with Gasteiger partial charge in [-0.3, -0.25) is 0 Å². The van der Waals surface area contributed by atoms with Gasteiger partial charge in [0.1, 0.15) is 18.0 Å². The minimum atomic E-state index is -0.165. The van der Waals surface area contributed by atoms with Crippen LogP contribution >= 0.6 is 0 Å². The van der Waals surface area contributed by atoms with Crippen LogP contribution in [-0.4, -0.2) is 46.6 Å². The second-order valence-electron chi connectivity index (χ2n) is 5.62. The van der Waals surface area contributed by atoms with Crippen LogP contribution in [0.3, 0.4) is 0 Å². The summed E-state index contributed by atoms with van der Waals surface area (Å²) >= 11 is 0. The number of hydrogen-bond acceptors (Lipinski definition) is 4. The third-order valence-corrected chi connectivity index (χ3v) is 4.37. The van der Waals surface area contributed by atoms with Crippen molar-refractivity contribution in [3.8, 4) is 0 Å². The van der Waals surface area contributed by atoms with Crippen molar-refractivity contribution < 1.29 is 13.9 Å². The predicted octanol–water partition coefficient (Wildman–Crippen LogP) is 2.26. The maximum Gasteiger partial charge on any atom is 0.126 e. The Hall–Kier alpha value is -1.17. The van der Waals surface area contributed by atoms with E-state index < -0.39 is 0 Å². The van der Waals surface area contributed by atoms with E-state index in [0.717, 1.165) is 24.3 Å². The summed E-state index contributed by atoms with van der Waals surface area (Å²) in [5.41, 5.74) is 2.68. The maximum atomic E-state index is 13.9. The highest BCUT2D eigenvalue weighted by molar-refractivity contribution is 5.58. The second kappa shape index (κ2) is 6.73. The molecule has 1 aliphatic rings. The lowest BCUT2D eigenvalue weighted by Crippen LogP contribution is -2.27. The number of benzene rings is 1. The Balaban J connectivity index is 2.37. The van der Waals surface area contributed by atoms with Crippen LogP contribution in [0, 0.1) is 12.7 Å². The standard InChI is InChI=1S/C16H25FN2O2/c1-10-6-14(12(7-13(10)17)11(2)18-3)19-8-15(20-4)16(9-19)21-5/h6-7,11,15-16,18H,8-9H2,1-5H3. The molecule has 0 amide bonds. The van der Waals surface area contributed by atoms with Gasteiger partial charge in [-0.1, -0.05) is 0 Å². The zero-order chi connectivity index (χ0) is 15.6. The fourth-order valence-electron chi connectivity index (χ4n) is 2.85. The van der Waals surface area contributed by atoms with Crippen LogP contribution in [0.2, 0.25) is 0 Å². The Morgan fingerprint density at radius 1 is 1.24 bits per heavy atom. The number of ether oxygens (including phenoxy) is 2. The molecule has 21 heavy (non-hydrogen) atoms. The van der Waals surface area contributed by atoms with Gasteiger partial charge in [0.15, 0.2) is 0 Å². The van der Waals surface area contributed by atoms with Crippen LogP contribution in [0.15, 0.2) is 12.1 Å². The van der Waals surface area contributed by atoms with Gasteiger partial charge in [-0.2, -0.15) is 0 Å². The summed E-state index contributed by atoms with van der Waals surface area (Å²) < 4.78 is 24.9. The summed E-state index contributed by atoms with van der Waals surface area (Å²) in [6.07, 6.45) is 0.0798. The minimum absolute atomic E-state index is 0.0399. The first-order valence-corrected chi connectivity index (χ1v) is 7.29. The summed E-state index contributed by atoms with van der Waals surface area (Å²) in [6.45, 7) is 5.34. The van der Waals surface area contributed by atoms with Gasteiger partial charge < -0.3 is 19.7 Å². The fraction of sp³-hybridized carbons (Fsp3) is 0.625. The topological polar surface area (TPSA) is 33.7 Å². The van der Waals surface area contributed by atoms with E-state index in [-0.39, 0.29) is 24.1 Å². The molecule has 0 bridgehead atoms. The molecule has 5 heteroatoms. The lowest BCUT2D eigenvalue weighted by atomic mass is 10.0. The monoisotopic (exact) mass is 296 g/mol. The molecule has 0 aliphatic carbocycles. The zero-order valence-electron chi connectivity index (χ0n) is 13.4. The summed E-state index contributed by atoms with van der Waals surface area (Å²) in [5, 5.41) is 3.19. The molecule has 0 radical (unpaired) electrons. The Kier molecular flexibility index (Phi) is 5.19. The van der Waals surface area contributed by atoms with Crippen LogP contribution in [0.25, 0.3) is 0 Å². The van der Waals surface area contributed by atoms with Crippen molar-refractivity contribution in [2.24, 2.45) is 0 Å². The maximum absolute atomic E-state index is 13.9. The molecule has 1 heterocycles. The van der Waals surface area contributed by atoms with Gasteiger partial charge >= 0.3 is 0 Å². The SMILES string of the molecule is CNC(C)c1cc(F)c(C)cc1N1CC(OC)C(OC)C1. The summed E-state index contributed by atoms with van der Waals surface area (Å²) in [4.78, 5) is 2.22. The van der Waals surface area contributed by atoms with Crippen molar-refractivity contribution in [1.82, 2.24) is 5.32 Å². The molecule has 1 saturated heterocycles. The van der Waals surface area contributed by atoms with Crippen molar-refractivity contribution in [2.75, 3.05) is 39.3 Å². The first-order valence-electron chi connectivity index (χ1n) is 7.29. The molecule has 1 aromatic rings. The quantitative estimate of drug-likeness (QED) is 0.904. The van der Waals surface area contributed by atoms with Gasteiger partial charge in [0, 0.05) is 39.0 Å². The van der Waals surface area contributed by atoms with Crippen LogP contribution in [0.1, 0.15) is 24.1 Å². The van der Waals surface area contributed by atoms with E-state index in [1.165, 1.54) is 0 Å². The minimum Gasteiger partial charge on any atom is -0.377 e. The summed E-state index contributed by atoms with van der Waals surface area (Å²) in [6, 6.07) is 3.63. The molecule has 0 aromatic heterocycles. The first-order chi connectivity index (χ1) is 10.0. The first kappa shape index (κ1) is 16.2. The van der Waals surface area contributed by atoms with Crippen LogP contribution in [0.5, 0.6) is 0 Å². The lowest BCUT2D eigenvalue weighted by Gasteiger charge is -2.25. The second-order valence-corrected chi connectivity index (χ2v) is 5.62. The molecule has 1 aliphatic heterocycles. The van der Waals surface area contributed by atoms with Crippen molar-refractivity contribution in [2.45, 2.75) is 32.1 Å². The molecular formula is C16H25FN2O2. The highest BCUT2D eigenvalue weighted by Gasteiger charge is 2.34. The van der Waals surface area contributed by atoms with Crippen LogP contribution in [0.4, 0.5) is 10.1 Å². The van der Waals surface area contributed by atoms with E-state index in [4.69, 9.17) is 9.47 Å². The largest absolute Gasteiger partial charge is 0.377 e. The molecule has 118 valence electrons. The number of rotatable bonds is 5. The Morgan fingerprint density at radius 3 is 2.29 bits per heavy atom. The van der Waals surface area contributed by atoms with Crippen molar-refractivity contribution in [3.63, 3.8) is 0 Å². The average Bonchev–Trinajstić information content (AvgIpc) is 2.91. The third-order valence-electron chi connectivity index (χ3n) is 4.37. The molecule has 0 spiro atoms. The summed E-state index contributed by atoms with van der Waals surface area (Å²) in [5.74, 6) is -0.165. The van der Waals surface area contributed by atoms with Gasteiger partial charge in [0.05, 0.1) is 0 Å². The number of halogens is 1. The fourth-order valence-corrected chi connectivity index (χ4v) is 2.85. The van der Waals surface area contributed by atoms with Crippen LogP contribution < -0.4 is 10.2 Å². The number of hydrogen-bond donors (Lipinski definition) is 1. The van der Waals surface area contributed by atoms with Crippen LogP contribution in [-0.2, 0) is 9.47 Å². The number of nitrogens with zero attached hydrogens (tertiary/aromatic N) is 1.